The lowest BCUT2D eigenvalue weighted by Crippen LogP contribution is -2.42. The normalized spacial score (nSPS) is 13.3. The van der Waals surface area contributed by atoms with E-state index in [1.807, 2.05) is 0 Å². The van der Waals surface area contributed by atoms with Gasteiger partial charge in [-0.2, -0.15) is 0 Å². The van der Waals surface area contributed by atoms with E-state index < -0.39 is 41.5 Å². The molecule has 3 aromatic rings. The highest BCUT2D eigenvalue weighted by molar-refractivity contribution is 5.92. The molecule has 1 aromatic heterocycles. The smallest absolute Gasteiger partial charge is 0.330 e. The second kappa shape index (κ2) is 8.09. The number of nitrogens with zero attached hydrogens (tertiary/aromatic N) is 4. The highest BCUT2D eigenvalue weighted by Crippen LogP contribution is 2.16. The Balaban J connectivity index is 1.50. The fourth-order valence-corrected chi connectivity index (χ4v) is 3.29. The summed E-state index contributed by atoms with van der Waals surface area (Å²) in [5.41, 5.74) is -0.469. The molecule has 8 nitrogen and oxygen atoms in total. The third kappa shape index (κ3) is 4.20. The highest BCUT2D eigenvalue weighted by Gasteiger charge is 2.30. The van der Waals surface area contributed by atoms with Gasteiger partial charge in [0.05, 0.1) is 5.69 Å². The van der Waals surface area contributed by atoms with Crippen LogP contribution in [0.5, 0.6) is 0 Å². The molecule has 160 valence electrons. The van der Waals surface area contributed by atoms with Crippen LogP contribution in [-0.4, -0.2) is 37.6 Å². The molecule has 0 fully saturated rings. The van der Waals surface area contributed by atoms with E-state index in [0.717, 1.165) is 27.4 Å². The predicted molar refractivity (Wildman–Crippen MR) is 103 cm³/mol. The van der Waals surface area contributed by atoms with Crippen molar-refractivity contribution in [3.8, 4) is 0 Å². The first-order valence-electron chi connectivity index (χ1n) is 9.28. The van der Waals surface area contributed by atoms with Crippen molar-refractivity contribution >= 4 is 17.5 Å². The summed E-state index contributed by atoms with van der Waals surface area (Å²) in [7, 11) is 0. The number of hydrogen-bond donors (Lipinski definition) is 1. The van der Waals surface area contributed by atoms with E-state index in [2.05, 4.69) is 10.4 Å². The summed E-state index contributed by atoms with van der Waals surface area (Å²) in [5, 5.41) is 6.11. The standard InChI is InChI=1S/C20H16F3N5O3/c21-13-3-1-2-12(8-13)10-26-6-7-27-18(19(26)30)25-28(20(27)31)11-17(29)24-16-9-14(22)4-5-15(16)23/h1-5,8-9H,6-7,10-11H2,(H,24,29). The number of amides is 2. The zero-order valence-corrected chi connectivity index (χ0v) is 16.0. The third-order valence-electron chi connectivity index (χ3n) is 4.75. The highest BCUT2D eigenvalue weighted by atomic mass is 19.1. The van der Waals surface area contributed by atoms with Crippen molar-refractivity contribution in [2.75, 3.05) is 11.9 Å². The lowest BCUT2D eigenvalue weighted by atomic mass is 10.2. The number of halogens is 3. The van der Waals surface area contributed by atoms with Crippen LogP contribution >= 0.6 is 0 Å². The molecule has 0 atom stereocenters. The summed E-state index contributed by atoms with van der Waals surface area (Å²) in [6.45, 7) is -0.104. The number of hydrogen-bond acceptors (Lipinski definition) is 4. The molecular weight excluding hydrogens is 415 g/mol. The number of fused-ring (bicyclic) bond motifs is 1. The quantitative estimate of drug-likeness (QED) is 0.667. The Kier molecular flexibility index (Phi) is 5.32. The van der Waals surface area contributed by atoms with Crippen LogP contribution in [0.4, 0.5) is 18.9 Å². The minimum atomic E-state index is -0.839. The number of carbonyl (C=O) groups is 2. The molecule has 1 N–H and O–H groups in total. The predicted octanol–water partition coefficient (Wildman–Crippen LogP) is 1.76. The largest absolute Gasteiger partial charge is 0.346 e. The fraction of sp³-hybridized carbons (Fsp3) is 0.200. The van der Waals surface area contributed by atoms with Gasteiger partial charge in [0.2, 0.25) is 11.7 Å². The van der Waals surface area contributed by atoms with E-state index >= 15 is 0 Å². The van der Waals surface area contributed by atoms with Crippen LogP contribution in [0.1, 0.15) is 16.2 Å². The molecule has 2 aromatic carbocycles. The van der Waals surface area contributed by atoms with Gasteiger partial charge in [-0.1, -0.05) is 12.1 Å². The van der Waals surface area contributed by atoms with Crippen molar-refractivity contribution in [1.82, 2.24) is 19.2 Å². The molecule has 0 spiro atoms. The minimum Gasteiger partial charge on any atom is -0.330 e. The summed E-state index contributed by atoms with van der Waals surface area (Å²) in [6, 6.07) is 8.38. The molecule has 0 saturated heterocycles. The monoisotopic (exact) mass is 431 g/mol. The maximum absolute atomic E-state index is 13.7. The second-order valence-electron chi connectivity index (χ2n) is 6.94. The van der Waals surface area contributed by atoms with E-state index in [-0.39, 0.29) is 31.1 Å². The first-order chi connectivity index (χ1) is 14.8. The van der Waals surface area contributed by atoms with Crippen LogP contribution in [-0.2, 0) is 24.4 Å². The lowest BCUT2D eigenvalue weighted by molar-refractivity contribution is -0.117. The number of benzene rings is 2. The van der Waals surface area contributed by atoms with E-state index in [1.54, 1.807) is 6.07 Å². The van der Waals surface area contributed by atoms with Crippen LogP contribution in [0.2, 0.25) is 0 Å². The molecule has 31 heavy (non-hydrogen) atoms. The molecule has 0 unspecified atom stereocenters. The minimum absolute atomic E-state index is 0.136. The molecule has 4 rings (SSSR count). The van der Waals surface area contributed by atoms with Gasteiger partial charge in [0.1, 0.15) is 24.0 Å². The van der Waals surface area contributed by atoms with E-state index in [1.165, 1.54) is 23.1 Å². The van der Waals surface area contributed by atoms with Crippen molar-refractivity contribution in [3.05, 3.63) is 81.8 Å². The van der Waals surface area contributed by atoms with Gasteiger partial charge < -0.3 is 10.2 Å². The third-order valence-corrected chi connectivity index (χ3v) is 4.75. The number of anilines is 1. The van der Waals surface area contributed by atoms with E-state index in [9.17, 15) is 27.6 Å². The average molecular weight is 431 g/mol. The Morgan fingerprint density at radius 2 is 1.81 bits per heavy atom. The molecule has 1 aliphatic heterocycles. The van der Waals surface area contributed by atoms with Crippen LogP contribution in [0.3, 0.4) is 0 Å². The fourth-order valence-electron chi connectivity index (χ4n) is 3.29. The molecule has 2 amide bonds. The molecule has 1 aliphatic rings. The molecule has 0 bridgehead atoms. The number of aromatic nitrogens is 3. The summed E-state index contributed by atoms with van der Waals surface area (Å²) < 4.78 is 42.3. The molecule has 0 saturated carbocycles. The summed E-state index contributed by atoms with van der Waals surface area (Å²) >= 11 is 0. The first kappa shape index (κ1) is 20.4. The average Bonchev–Trinajstić information content (AvgIpc) is 3.03. The van der Waals surface area contributed by atoms with Gasteiger partial charge in [0.25, 0.3) is 5.91 Å². The SMILES string of the molecule is O=C(Cn1nc2n(c1=O)CCN(Cc1cccc(F)c1)C2=O)Nc1cc(F)ccc1F. The maximum Gasteiger partial charge on any atom is 0.346 e. The molecule has 11 heteroatoms. The molecule has 0 aliphatic carbocycles. The van der Waals surface area contributed by atoms with Gasteiger partial charge in [0, 0.05) is 25.7 Å². The summed E-state index contributed by atoms with van der Waals surface area (Å²) in [5.74, 6) is -3.51. The summed E-state index contributed by atoms with van der Waals surface area (Å²) in [4.78, 5) is 38.9. The van der Waals surface area contributed by atoms with Gasteiger partial charge in [-0.15, -0.1) is 5.10 Å². The van der Waals surface area contributed by atoms with Gasteiger partial charge in [-0.05, 0) is 29.8 Å². The number of carbonyl (C=O) groups excluding carboxylic acids is 2. The lowest BCUT2D eigenvalue weighted by Gasteiger charge is -2.26. The van der Waals surface area contributed by atoms with Gasteiger partial charge >= 0.3 is 5.69 Å². The van der Waals surface area contributed by atoms with Crippen molar-refractivity contribution < 1.29 is 22.8 Å². The Bertz CT molecular complexity index is 1240. The van der Waals surface area contributed by atoms with Crippen LogP contribution < -0.4 is 11.0 Å². The van der Waals surface area contributed by atoms with Crippen LogP contribution in [0, 0.1) is 17.5 Å². The second-order valence-corrected chi connectivity index (χ2v) is 6.94. The van der Waals surface area contributed by atoms with Crippen molar-refractivity contribution in [3.63, 3.8) is 0 Å². The van der Waals surface area contributed by atoms with E-state index in [4.69, 9.17) is 0 Å². The van der Waals surface area contributed by atoms with Crippen molar-refractivity contribution in [2.24, 2.45) is 0 Å². The Morgan fingerprint density at radius 1 is 1.03 bits per heavy atom. The van der Waals surface area contributed by atoms with Gasteiger partial charge in [0.15, 0.2) is 0 Å². The number of rotatable bonds is 5. The topological polar surface area (TPSA) is 89.2 Å². The Morgan fingerprint density at radius 3 is 2.58 bits per heavy atom. The first-order valence-corrected chi connectivity index (χ1v) is 9.28. The zero-order valence-electron chi connectivity index (χ0n) is 16.0. The number of nitrogens with one attached hydrogen (secondary N) is 1. The molecule has 0 radical (unpaired) electrons. The zero-order chi connectivity index (χ0) is 22.1. The van der Waals surface area contributed by atoms with Gasteiger partial charge in [-0.25, -0.2) is 22.6 Å². The molecule has 2 heterocycles. The maximum atomic E-state index is 13.7. The Hall–Kier alpha value is -3.89. The van der Waals surface area contributed by atoms with Crippen LogP contribution in [0.25, 0.3) is 0 Å². The van der Waals surface area contributed by atoms with Crippen molar-refractivity contribution in [1.29, 1.82) is 0 Å². The van der Waals surface area contributed by atoms with E-state index in [0.29, 0.717) is 5.56 Å². The van der Waals surface area contributed by atoms with Gasteiger partial charge in [-0.3, -0.25) is 14.2 Å². The van der Waals surface area contributed by atoms with Crippen LogP contribution in [0.15, 0.2) is 47.3 Å². The molecular formula is C20H16F3N5O3. The Labute approximate surface area is 173 Å². The summed E-state index contributed by atoms with van der Waals surface area (Å²) in [6.07, 6.45) is 0. The van der Waals surface area contributed by atoms with Crippen molar-refractivity contribution in [2.45, 2.75) is 19.6 Å².